The predicted octanol–water partition coefficient (Wildman–Crippen LogP) is 2.52. The first kappa shape index (κ1) is 14.4. The summed E-state index contributed by atoms with van der Waals surface area (Å²) in [6, 6.07) is 13.0. The lowest BCUT2D eigenvalue weighted by Gasteiger charge is -2.13. The summed E-state index contributed by atoms with van der Waals surface area (Å²) in [6.45, 7) is 1.32. The van der Waals surface area contributed by atoms with Gasteiger partial charge in [0.05, 0.1) is 0 Å². The molecule has 0 spiro atoms. The first-order chi connectivity index (χ1) is 9.58. The van der Waals surface area contributed by atoms with Gasteiger partial charge in [0.15, 0.2) is 0 Å². The number of thioether (sulfide) groups is 1. The van der Waals surface area contributed by atoms with Gasteiger partial charge >= 0.3 is 5.97 Å². The van der Waals surface area contributed by atoms with Crippen LogP contribution in [0.4, 0.5) is 0 Å². The van der Waals surface area contributed by atoms with E-state index in [1.165, 1.54) is 18.7 Å². The average molecular weight is 289 g/mol. The molecular formula is C15H15NO3S. The number of amides is 1. The molecule has 0 fully saturated rings. The summed E-state index contributed by atoms with van der Waals surface area (Å²) in [4.78, 5) is 23.1. The highest BCUT2D eigenvalue weighted by atomic mass is 32.2. The van der Waals surface area contributed by atoms with E-state index in [0.717, 1.165) is 15.7 Å². The molecule has 2 rings (SSSR count). The number of carbonyl (C=O) groups is 2. The molecule has 0 heterocycles. The molecule has 2 aromatic rings. The molecule has 0 saturated heterocycles. The van der Waals surface area contributed by atoms with E-state index < -0.39 is 12.0 Å². The Morgan fingerprint density at radius 2 is 1.90 bits per heavy atom. The number of rotatable bonds is 5. The lowest BCUT2D eigenvalue weighted by atomic mass is 10.1. The largest absolute Gasteiger partial charge is 0.480 e. The van der Waals surface area contributed by atoms with Gasteiger partial charge in [-0.05, 0) is 16.8 Å². The van der Waals surface area contributed by atoms with Gasteiger partial charge in [-0.25, -0.2) is 4.79 Å². The highest BCUT2D eigenvalue weighted by Crippen LogP contribution is 2.28. The maximum atomic E-state index is 11.1. The topological polar surface area (TPSA) is 66.4 Å². The van der Waals surface area contributed by atoms with Crippen molar-refractivity contribution in [3.05, 3.63) is 42.5 Å². The summed E-state index contributed by atoms with van der Waals surface area (Å²) in [7, 11) is 0. The Labute approximate surface area is 121 Å². The van der Waals surface area contributed by atoms with Crippen LogP contribution in [-0.4, -0.2) is 28.8 Å². The molecule has 0 unspecified atom stereocenters. The highest BCUT2D eigenvalue weighted by molar-refractivity contribution is 7.99. The molecule has 0 radical (unpaired) electrons. The number of carbonyl (C=O) groups excluding carboxylic acids is 1. The quantitative estimate of drug-likeness (QED) is 0.830. The molecule has 20 heavy (non-hydrogen) atoms. The number of nitrogens with one attached hydrogen (secondary N) is 1. The van der Waals surface area contributed by atoms with E-state index in [0.29, 0.717) is 5.75 Å². The lowest BCUT2D eigenvalue weighted by Crippen LogP contribution is -2.41. The number of fused-ring (bicyclic) bond motifs is 1. The smallest absolute Gasteiger partial charge is 0.327 e. The van der Waals surface area contributed by atoms with Gasteiger partial charge in [0.2, 0.25) is 5.91 Å². The van der Waals surface area contributed by atoms with Gasteiger partial charge in [0.1, 0.15) is 6.04 Å². The van der Waals surface area contributed by atoms with Crippen molar-refractivity contribution < 1.29 is 14.7 Å². The normalized spacial score (nSPS) is 12.1. The van der Waals surface area contributed by atoms with E-state index in [4.69, 9.17) is 5.11 Å². The van der Waals surface area contributed by atoms with Crippen molar-refractivity contribution in [2.24, 2.45) is 0 Å². The standard InChI is InChI=1S/C15H15NO3S/c1-10(17)16-13(15(18)19)9-20-14-8-4-6-11-5-2-3-7-12(11)14/h2-8,13H,9H2,1H3,(H,16,17)(H,18,19)/t13-/m0/s1. The van der Waals surface area contributed by atoms with E-state index in [1.807, 2.05) is 42.5 Å². The summed E-state index contributed by atoms with van der Waals surface area (Å²) >= 11 is 1.43. The summed E-state index contributed by atoms with van der Waals surface area (Å²) in [5.41, 5.74) is 0. The van der Waals surface area contributed by atoms with Crippen LogP contribution in [0.3, 0.4) is 0 Å². The molecule has 2 aromatic carbocycles. The monoisotopic (exact) mass is 289 g/mol. The maximum absolute atomic E-state index is 11.1. The molecule has 4 nitrogen and oxygen atoms in total. The highest BCUT2D eigenvalue weighted by Gasteiger charge is 2.18. The Balaban J connectivity index is 2.15. The fourth-order valence-corrected chi connectivity index (χ4v) is 3.00. The van der Waals surface area contributed by atoms with Gasteiger partial charge in [-0.2, -0.15) is 0 Å². The van der Waals surface area contributed by atoms with Crippen LogP contribution < -0.4 is 5.32 Å². The molecule has 0 aliphatic rings. The Morgan fingerprint density at radius 3 is 2.60 bits per heavy atom. The summed E-state index contributed by atoms with van der Waals surface area (Å²) in [5, 5.41) is 13.7. The molecule has 0 aliphatic heterocycles. The van der Waals surface area contributed by atoms with Crippen LogP contribution in [0.5, 0.6) is 0 Å². The number of aliphatic carboxylic acids is 1. The minimum absolute atomic E-state index is 0.295. The van der Waals surface area contributed by atoms with Crippen molar-refractivity contribution in [2.75, 3.05) is 5.75 Å². The second-order valence-corrected chi connectivity index (χ2v) is 5.44. The molecule has 0 saturated carbocycles. The van der Waals surface area contributed by atoms with E-state index in [9.17, 15) is 9.59 Å². The molecule has 0 aliphatic carbocycles. The molecule has 0 bridgehead atoms. The molecule has 104 valence electrons. The van der Waals surface area contributed by atoms with Crippen molar-refractivity contribution in [3.8, 4) is 0 Å². The summed E-state index contributed by atoms with van der Waals surface area (Å²) in [6.07, 6.45) is 0. The van der Waals surface area contributed by atoms with Gasteiger partial charge in [-0.15, -0.1) is 11.8 Å². The summed E-state index contributed by atoms with van der Waals surface area (Å²) < 4.78 is 0. The van der Waals surface area contributed by atoms with Crippen LogP contribution in [0.1, 0.15) is 6.92 Å². The van der Waals surface area contributed by atoms with Gasteiger partial charge in [0.25, 0.3) is 0 Å². The van der Waals surface area contributed by atoms with Crippen molar-refractivity contribution in [1.29, 1.82) is 0 Å². The average Bonchev–Trinajstić information content (AvgIpc) is 2.42. The Morgan fingerprint density at radius 1 is 1.20 bits per heavy atom. The molecular weight excluding hydrogens is 274 g/mol. The van der Waals surface area contributed by atoms with Gasteiger partial charge < -0.3 is 10.4 Å². The van der Waals surface area contributed by atoms with Crippen LogP contribution in [0.15, 0.2) is 47.4 Å². The second kappa shape index (κ2) is 6.43. The summed E-state index contributed by atoms with van der Waals surface area (Å²) in [5.74, 6) is -1.06. The van der Waals surface area contributed by atoms with Gasteiger partial charge in [-0.1, -0.05) is 36.4 Å². The molecule has 5 heteroatoms. The first-order valence-corrected chi connectivity index (χ1v) is 7.17. The molecule has 1 amide bonds. The number of benzene rings is 2. The van der Waals surface area contributed by atoms with Crippen LogP contribution in [-0.2, 0) is 9.59 Å². The number of hydrogen-bond donors (Lipinski definition) is 2. The van der Waals surface area contributed by atoms with E-state index in [-0.39, 0.29) is 5.91 Å². The number of carboxylic acids is 1. The zero-order valence-corrected chi connectivity index (χ0v) is 11.8. The van der Waals surface area contributed by atoms with Crippen molar-refractivity contribution in [2.45, 2.75) is 17.9 Å². The minimum atomic E-state index is -1.02. The Kier molecular flexibility index (Phi) is 4.63. The zero-order valence-electron chi connectivity index (χ0n) is 11.0. The fraction of sp³-hybridized carbons (Fsp3) is 0.200. The van der Waals surface area contributed by atoms with Crippen molar-refractivity contribution in [1.82, 2.24) is 5.32 Å². The molecule has 0 aromatic heterocycles. The van der Waals surface area contributed by atoms with E-state index >= 15 is 0 Å². The second-order valence-electron chi connectivity index (χ2n) is 4.38. The predicted molar refractivity (Wildman–Crippen MR) is 79.9 cm³/mol. The van der Waals surface area contributed by atoms with Crippen molar-refractivity contribution in [3.63, 3.8) is 0 Å². The zero-order chi connectivity index (χ0) is 14.5. The lowest BCUT2D eigenvalue weighted by molar-refractivity contribution is -0.140. The van der Waals surface area contributed by atoms with Crippen LogP contribution in [0.25, 0.3) is 10.8 Å². The first-order valence-electron chi connectivity index (χ1n) is 6.18. The van der Waals surface area contributed by atoms with Gasteiger partial charge in [0, 0.05) is 17.6 Å². The number of carboxylic acid groups (broad SMARTS) is 1. The SMILES string of the molecule is CC(=O)N[C@@H](CSc1cccc2ccccc12)C(=O)O. The van der Waals surface area contributed by atoms with Crippen LogP contribution >= 0.6 is 11.8 Å². The van der Waals surface area contributed by atoms with E-state index in [1.54, 1.807) is 0 Å². The van der Waals surface area contributed by atoms with Crippen molar-refractivity contribution >= 4 is 34.4 Å². The van der Waals surface area contributed by atoms with Gasteiger partial charge in [-0.3, -0.25) is 4.79 Å². The number of hydrogen-bond acceptors (Lipinski definition) is 3. The molecule has 2 N–H and O–H groups in total. The third-order valence-electron chi connectivity index (χ3n) is 2.83. The molecule has 1 atom stereocenters. The third kappa shape index (κ3) is 3.51. The third-order valence-corrected chi connectivity index (χ3v) is 4.00. The Hall–Kier alpha value is -2.01. The van der Waals surface area contributed by atoms with E-state index in [2.05, 4.69) is 5.32 Å². The Bertz CT molecular complexity index is 637. The minimum Gasteiger partial charge on any atom is -0.480 e. The van der Waals surface area contributed by atoms with Crippen LogP contribution in [0.2, 0.25) is 0 Å². The fourth-order valence-electron chi connectivity index (χ4n) is 1.91. The van der Waals surface area contributed by atoms with Crippen LogP contribution in [0, 0.1) is 0 Å². The maximum Gasteiger partial charge on any atom is 0.327 e.